The zero-order valence-corrected chi connectivity index (χ0v) is 15.8. The van der Waals surface area contributed by atoms with Crippen molar-refractivity contribution in [2.24, 2.45) is 5.92 Å². The number of carbonyl (C=O) groups excluding carboxylic acids is 1. The molecule has 138 valence electrons. The maximum atomic E-state index is 12.5. The SMILES string of the molecule is COc1ccc(C2CNC(=O)C2Cc2cccc(Cl)c2OC)cc1OC. The van der Waals surface area contributed by atoms with Crippen LogP contribution in [-0.2, 0) is 11.2 Å². The third kappa shape index (κ3) is 3.44. The van der Waals surface area contributed by atoms with E-state index in [4.69, 9.17) is 25.8 Å². The van der Waals surface area contributed by atoms with Crippen LogP contribution in [0.2, 0.25) is 5.02 Å². The number of methoxy groups -OCH3 is 3. The molecule has 0 bridgehead atoms. The molecular weight excluding hydrogens is 354 g/mol. The first-order chi connectivity index (χ1) is 12.6. The van der Waals surface area contributed by atoms with Crippen LogP contribution in [0.15, 0.2) is 36.4 Å². The van der Waals surface area contributed by atoms with Gasteiger partial charge in [0.15, 0.2) is 11.5 Å². The van der Waals surface area contributed by atoms with Gasteiger partial charge in [0.05, 0.1) is 32.3 Å². The molecule has 0 radical (unpaired) electrons. The summed E-state index contributed by atoms with van der Waals surface area (Å²) >= 11 is 6.22. The molecule has 5 nitrogen and oxygen atoms in total. The van der Waals surface area contributed by atoms with Gasteiger partial charge in [-0.1, -0.05) is 29.8 Å². The molecule has 0 aromatic heterocycles. The topological polar surface area (TPSA) is 56.8 Å². The molecule has 2 aromatic carbocycles. The number of hydrogen-bond acceptors (Lipinski definition) is 4. The van der Waals surface area contributed by atoms with E-state index in [2.05, 4.69) is 5.32 Å². The highest BCUT2D eigenvalue weighted by Crippen LogP contribution is 2.38. The number of halogens is 1. The van der Waals surface area contributed by atoms with Gasteiger partial charge in [-0.15, -0.1) is 0 Å². The summed E-state index contributed by atoms with van der Waals surface area (Å²) in [5.74, 6) is 1.81. The van der Waals surface area contributed by atoms with Crippen LogP contribution in [0.1, 0.15) is 17.0 Å². The van der Waals surface area contributed by atoms with Crippen molar-refractivity contribution >= 4 is 17.5 Å². The smallest absolute Gasteiger partial charge is 0.224 e. The Hall–Kier alpha value is -2.40. The fourth-order valence-corrected chi connectivity index (χ4v) is 3.79. The monoisotopic (exact) mass is 375 g/mol. The summed E-state index contributed by atoms with van der Waals surface area (Å²) in [6.45, 7) is 0.585. The van der Waals surface area contributed by atoms with Crippen LogP contribution in [0.3, 0.4) is 0 Å². The molecule has 1 aliphatic rings. The summed E-state index contributed by atoms with van der Waals surface area (Å²) in [6, 6.07) is 11.4. The van der Waals surface area contributed by atoms with E-state index in [1.54, 1.807) is 27.4 Å². The van der Waals surface area contributed by atoms with Crippen molar-refractivity contribution in [2.45, 2.75) is 12.3 Å². The van der Waals surface area contributed by atoms with Crippen LogP contribution in [0.25, 0.3) is 0 Å². The van der Waals surface area contributed by atoms with Crippen LogP contribution in [-0.4, -0.2) is 33.8 Å². The Balaban J connectivity index is 1.92. The number of carbonyl (C=O) groups is 1. The molecule has 1 heterocycles. The minimum Gasteiger partial charge on any atom is -0.495 e. The molecule has 0 aliphatic carbocycles. The number of rotatable bonds is 6. The summed E-state index contributed by atoms with van der Waals surface area (Å²) in [5, 5.41) is 3.52. The number of nitrogens with one attached hydrogen (secondary N) is 1. The van der Waals surface area contributed by atoms with Crippen molar-refractivity contribution in [2.75, 3.05) is 27.9 Å². The van der Waals surface area contributed by atoms with E-state index in [9.17, 15) is 4.79 Å². The van der Waals surface area contributed by atoms with E-state index in [1.807, 2.05) is 30.3 Å². The van der Waals surface area contributed by atoms with Gasteiger partial charge in [0, 0.05) is 12.5 Å². The number of para-hydroxylation sites is 1. The lowest BCUT2D eigenvalue weighted by Crippen LogP contribution is -2.21. The van der Waals surface area contributed by atoms with Gasteiger partial charge in [0.25, 0.3) is 0 Å². The quantitative estimate of drug-likeness (QED) is 0.840. The van der Waals surface area contributed by atoms with Crippen LogP contribution < -0.4 is 19.5 Å². The van der Waals surface area contributed by atoms with E-state index < -0.39 is 0 Å². The molecule has 0 saturated carbocycles. The van der Waals surface area contributed by atoms with Crippen molar-refractivity contribution in [3.8, 4) is 17.2 Å². The maximum Gasteiger partial charge on any atom is 0.224 e. The molecule has 2 unspecified atom stereocenters. The van der Waals surface area contributed by atoms with Crippen molar-refractivity contribution in [1.29, 1.82) is 0 Å². The third-order valence-corrected chi connectivity index (χ3v) is 5.14. The third-order valence-electron chi connectivity index (χ3n) is 4.85. The Morgan fingerprint density at radius 1 is 1.08 bits per heavy atom. The lowest BCUT2D eigenvalue weighted by atomic mass is 9.84. The first-order valence-corrected chi connectivity index (χ1v) is 8.77. The molecule has 1 fully saturated rings. The van der Waals surface area contributed by atoms with Crippen molar-refractivity contribution in [3.05, 3.63) is 52.5 Å². The summed E-state index contributed by atoms with van der Waals surface area (Å²) < 4.78 is 16.1. The Kier molecular flexibility index (Phi) is 5.57. The summed E-state index contributed by atoms with van der Waals surface area (Å²) in [7, 11) is 4.80. The Labute approximate surface area is 158 Å². The lowest BCUT2D eigenvalue weighted by molar-refractivity contribution is -0.122. The molecule has 6 heteroatoms. The second kappa shape index (κ2) is 7.87. The first kappa shape index (κ1) is 18.4. The van der Waals surface area contributed by atoms with Gasteiger partial charge in [0.1, 0.15) is 5.75 Å². The van der Waals surface area contributed by atoms with E-state index in [-0.39, 0.29) is 17.7 Å². The standard InChI is InChI=1S/C20H22ClNO4/c1-24-17-8-7-12(10-18(17)25-2)15-11-22-20(23)14(15)9-13-5-4-6-16(21)19(13)26-3/h4-8,10,14-15H,9,11H2,1-3H3,(H,22,23). The van der Waals surface area contributed by atoms with Gasteiger partial charge in [-0.3, -0.25) is 4.79 Å². The first-order valence-electron chi connectivity index (χ1n) is 8.40. The van der Waals surface area contributed by atoms with Crippen molar-refractivity contribution < 1.29 is 19.0 Å². The fourth-order valence-electron chi connectivity index (χ4n) is 3.51. The minimum atomic E-state index is -0.208. The van der Waals surface area contributed by atoms with Gasteiger partial charge in [0.2, 0.25) is 5.91 Å². The number of amides is 1. The second-order valence-corrected chi connectivity index (χ2v) is 6.62. The van der Waals surface area contributed by atoms with Gasteiger partial charge >= 0.3 is 0 Å². The molecule has 0 spiro atoms. The number of hydrogen-bond donors (Lipinski definition) is 1. The van der Waals surface area contributed by atoms with Crippen molar-refractivity contribution in [3.63, 3.8) is 0 Å². The molecular formula is C20H22ClNO4. The van der Waals surface area contributed by atoms with Crippen molar-refractivity contribution in [1.82, 2.24) is 5.32 Å². The summed E-state index contributed by atoms with van der Waals surface area (Å²) in [6.07, 6.45) is 0.550. The van der Waals surface area contributed by atoms with E-state index in [1.165, 1.54) is 0 Å². The van der Waals surface area contributed by atoms with E-state index in [0.29, 0.717) is 35.2 Å². The normalized spacial score (nSPS) is 19.2. The van der Waals surface area contributed by atoms with Gasteiger partial charge in [-0.25, -0.2) is 0 Å². The molecule has 2 aromatic rings. The zero-order valence-electron chi connectivity index (χ0n) is 15.0. The fraction of sp³-hybridized carbons (Fsp3) is 0.350. The highest BCUT2D eigenvalue weighted by Gasteiger charge is 2.36. The average Bonchev–Trinajstić information content (AvgIpc) is 3.02. The van der Waals surface area contributed by atoms with E-state index >= 15 is 0 Å². The Bertz CT molecular complexity index is 808. The van der Waals surface area contributed by atoms with Gasteiger partial charge in [-0.05, 0) is 35.7 Å². The summed E-state index contributed by atoms with van der Waals surface area (Å²) in [4.78, 5) is 12.5. The molecule has 2 atom stereocenters. The lowest BCUT2D eigenvalue weighted by Gasteiger charge is -2.20. The average molecular weight is 376 g/mol. The predicted octanol–water partition coefficient (Wildman–Crippen LogP) is 3.44. The number of benzene rings is 2. The van der Waals surface area contributed by atoms with Crippen LogP contribution in [0, 0.1) is 5.92 Å². The number of ether oxygens (including phenoxy) is 3. The molecule has 3 rings (SSSR count). The minimum absolute atomic E-state index is 0.0333. The largest absolute Gasteiger partial charge is 0.495 e. The Morgan fingerprint density at radius 2 is 1.85 bits per heavy atom. The highest BCUT2D eigenvalue weighted by atomic mass is 35.5. The van der Waals surface area contributed by atoms with Gasteiger partial charge in [-0.2, -0.15) is 0 Å². The maximum absolute atomic E-state index is 12.5. The molecule has 26 heavy (non-hydrogen) atoms. The molecule has 1 saturated heterocycles. The van der Waals surface area contributed by atoms with E-state index in [0.717, 1.165) is 11.1 Å². The second-order valence-electron chi connectivity index (χ2n) is 6.21. The van der Waals surface area contributed by atoms with Crippen LogP contribution >= 0.6 is 11.6 Å². The highest BCUT2D eigenvalue weighted by molar-refractivity contribution is 6.32. The zero-order chi connectivity index (χ0) is 18.7. The summed E-state index contributed by atoms with van der Waals surface area (Å²) in [5.41, 5.74) is 1.96. The Morgan fingerprint density at radius 3 is 2.54 bits per heavy atom. The van der Waals surface area contributed by atoms with Crippen LogP contribution in [0.4, 0.5) is 0 Å². The molecule has 1 aliphatic heterocycles. The van der Waals surface area contributed by atoms with Gasteiger partial charge < -0.3 is 19.5 Å². The predicted molar refractivity (Wildman–Crippen MR) is 100 cm³/mol. The molecule has 1 N–H and O–H groups in total. The van der Waals surface area contributed by atoms with Crippen LogP contribution in [0.5, 0.6) is 17.2 Å². The molecule has 1 amide bonds.